The normalized spacial score (nSPS) is 21.0. The lowest BCUT2D eigenvalue weighted by molar-refractivity contribution is 1.27. The number of rotatable bonds is 3. The molecule has 1 aromatic carbocycles. The maximum absolute atomic E-state index is 8.39. The highest BCUT2D eigenvalue weighted by Crippen LogP contribution is 2.35. The van der Waals surface area contributed by atoms with Crippen LogP contribution in [0.15, 0.2) is 54.6 Å². The molecule has 0 saturated heterocycles. The van der Waals surface area contributed by atoms with Gasteiger partial charge in [0.15, 0.2) is 0 Å². The van der Waals surface area contributed by atoms with Crippen molar-refractivity contribution in [1.29, 1.82) is 5.41 Å². The maximum Gasteiger partial charge on any atom is 0.124 e. The number of allylic oxidation sites excluding steroid dienone is 3. The van der Waals surface area contributed by atoms with Gasteiger partial charge in [0.25, 0.3) is 0 Å². The maximum atomic E-state index is 8.39. The number of nitrogens with one attached hydrogen (secondary N) is 1. The molecule has 0 fully saturated rings. The number of thiophene rings is 1. The van der Waals surface area contributed by atoms with Crippen LogP contribution < -0.4 is 0 Å². The zero-order valence-electron chi connectivity index (χ0n) is 19.8. The summed E-state index contributed by atoms with van der Waals surface area (Å²) < 4.78 is 68.9. The van der Waals surface area contributed by atoms with Crippen LogP contribution in [0.1, 0.15) is 30.4 Å². The minimum atomic E-state index is -2.75. The topological polar surface area (TPSA) is 36.7 Å². The van der Waals surface area contributed by atoms with Gasteiger partial charge in [-0.15, -0.1) is 11.3 Å². The quantitative estimate of drug-likeness (QED) is 0.520. The van der Waals surface area contributed by atoms with Crippen molar-refractivity contribution in [2.75, 3.05) is 0 Å². The molecule has 3 aromatic rings. The Morgan fingerprint density at radius 3 is 3.14 bits per heavy atom. The molecule has 21 heavy (non-hydrogen) atoms. The molecule has 3 rings (SSSR count). The number of fused-ring (bicyclic) bond motifs is 3. The van der Waals surface area contributed by atoms with Crippen molar-refractivity contribution in [3.05, 3.63) is 65.8 Å². The van der Waals surface area contributed by atoms with Crippen molar-refractivity contribution < 1.29 is 12.3 Å². The van der Waals surface area contributed by atoms with Crippen LogP contribution in [0.25, 0.3) is 20.3 Å². The Balaban J connectivity index is 2.19. The van der Waals surface area contributed by atoms with E-state index in [9.17, 15) is 0 Å². The van der Waals surface area contributed by atoms with E-state index in [1.807, 2.05) is 0 Å². The Morgan fingerprint density at radius 2 is 2.33 bits per heavy atom. The molecule has 0 amide bonds. The summed E-state index contributed by atoms with van der Waals surface area (Å²) in [6.45, 7) is -4.59. The van der Waals surface area contributed by atoms with E-state index in [1.54, 1.807) is 24.3 Å². The average Bonchev–Trinajstić information content (AvgIpc) is 3.03. The minimum Gasteiger partial charge on any atom is -0.300 e. The second-order valence-electron chi connectivity index (χ2n) is 4.37. The van der Waals surface area contributed by atoms with Crippen LogP contribution in [0.2, 0.25) is 0 Å². The van der Waals surface area contributed by atoms with Gasteiger partial charge in [-0.3, -0.25) is 0 Å². The van der Waals surface area contributed by atoms with Gasteiger partial charge in [0.2, 0.25) is 0 Å². The van der Waals surface area contributed by atoms with E-state index in [2.05, 4.69) is 4.98 Å². The number of aromatic nitrogens is 1. The van der Waals surface area contributed by atoms with Gasteiger partial charge in [0.05, 0.1) is 9.82 Å². The predicted octanol–water partition coefficient (Wildman–Crippen LogP) is 5.26. The molecule has 0 radical (unpaired) electrons. The average molecular weight is 301 g/mol. The van der Waals surface area contributed by atoms with Gasteiger partial charge in [-0.1, -0.05) is 36.4 Å². The lowest BCUT2D eigenvalue weighted by Crippen LogP contribution is -1.94. The van der Waals surface area contributed by atoms with Crippen LogP contribution in [0.3, 0.4) is 0 Å². The number of nitrogens with zero attached hydrogens (tertiary/aromatic N) is 1. The Morgan fingerprint density at radius 1 is 1.38 bits per heavy atom. The first-order valence-corrected chi connectivity index (χ1v) is 6.87. The first-order valence-electron chi connectivity index (χ1n) is 10.6. The monoisotopic (exact) mass is 301 g/mol. The van der Waals surface area contributed by atoms with E-state index in [1.165, 1.54) is 6.07 Å². The molecule has 0 atom stereocenters. The molecule has 2 aromatic heterocycles. The molecule has 0 unspecified atom stereocenters. The van der Waals surface area contributed by atoms with Crippen LogP contribution in [-0.2, 0) is 0 Å². The summed E-state index contributed by atoms with van der Waals surface area (Å²) in [5, 5.41) is 9.81. The molecule has 0 aliphatic heterocycles. The molecule has 0 saturated carbocycles. The highest BCUT2D eigenvalue weighted by atomic mass is 32.1. The molecule has 1 N–H and O–H groups in total. The molecule has 2 nitrogen and oxygen atoms in total. The summed E-state index contributed by atoms with van der Waals surface area (Å²) in [6.07, 6.45) is 0. The highest BCUT2D eigenvalue weighted by molar-refractivity contribution is 7.25. The lowest BCUT2D eigenvalue weighted by Gasteiger charge is -2.01. The van der Waals surface area contributed by atoms with Crippen molar-refractivity contribution in [2.24, 2.45) is 0 Å². The molecular weight excluding hydrogens is 276 g/mol. The molecule has 0 aliphatic rings. The molecule has 0 spiro atoms. The zero-order chi connectivity index (χ0) is 22.4. The van der Waals surface area contributed by atoms with Gasteiger partial charge in [0, 0.05) is 35.0 Å². The van der Waals surface area contributed by atoms with Crippen LogP contribution in [0.5, 0.6) is 0 Å². The van der Waals surface area contributed by atoms with Gasteiger partial charge >= 0.3 is 0 Å². The Kier molecular flexibility index (Phi) is 1.67. The van der Waals surface area contributed by atoms with E-state index < -0.39 is 31.4 Å². The smallest absolute Gasteiger partial charge is 0.124 e. The van der Waals surface area contributed by atoms with Crippen LogP contribution in [0.4, 0.5) is 0 Å². The van der Waals surface area contributed by atoms with Crippen LogP contribution in [0, 0.1) is 12.3 Å². The molecule has 0 bridgehead atoms. The summed E-state index contributed by atoms with van der Waals surface area (Å²) in [5.41, 5.74) is -0.729. The number of benzene rings is 1. The third kappa shape index (κ3) is 2.52. The van der Waals surface area contributed by atoms with E-state index >= 15 is 0 Å². The van der Waals surface area contributed by atoms with E-state index in [4.69, 9.17) is 17.7 Å². The van der Waals surface area contributed by atoms with Crippen molar-refractivity contribution >= 4 is 37.4 Å². The summed E-state index contributed by atoms with van der Waals surface area (Å²) in [7, 11) is 0. The number of aryl methyl sites for hydroxylation is 1. The van der Waals surface area contributed by atoms with E-state index in [0.29, 0.717) is 32.4 Å². The van der Waals surface area contributed by atoms with Gasteiger partial charge in [-0.25, -0.2) is 4.98 Å². The summed E-state index contributed by atoms with van der Waals surface area (Å²) in [4.78, 5) is 4.69. The second-order valence-corrected chi connectivity index (χ2v) is 5.37. The molecule has 2 heterocycles. The predicted molar refractivity (Wildman–Crippen MR) is 92.6 cm³/mol. The van der Waals surface area contributed by atoms with Gasteiger partial charge in [0.1, 0.15) is 4.83 Å². The molecule has 0 aliphatic carbocycles. The third-order valence-electron chi connectivity index (χ3n) is 2.96. The second kappa shape index (κ2) is 5.26. The van der Waals surface area contributed by atoms with Crippen LogP contribution in [-0.4, -0.2) is 10.7 Å². The highest BCUT2D eigenvalue weighted by Gasteiger charge is 2.11. The van der Waals surface area contributed by atoms with Crippen molar-refractivity contribution in [2.45, 2.75) is 13.7 Å². The van der Waals surface area contributed by atoms with E-state index in [-0.39, 0.29) is 11.4 Å². The Hall–Kier alpha value is -2.26. The Labute approximate surface area is 140 Å². The van der Waals surface area contributed by atoms with Crippen LogP contribution >= 0.6 is 11.3 Å². The standard InChI is InChI=1S/C18H16N2S/c1-11(2)7-10-16(19)15-6-4-5-13-14-9-8-12(3)20-18(14)21-17(13)15/h4-10,19H,1H2,2-3H3/b10-7-,19-16?/i1D,2D3,3D3,7D,10D/b10-7-,11-1?,19-16?. The van der Waals surface area contributed by atoms with Crippen molar-refractivity contribution in [3.63, 3.8) is 0 Å². The first-order chi connectivity index (χ1) is 13.9. The summed E-state index contributed by atoms with van der Waals surface area (Å²) in [6, 6.07) is 6.78. The van der Waals surface area contributed by atoms with Crippen molar-refractivity contribution in [1.82, 2.24) is 4.98 Å². The number of hydrogen-bond donors (Lipinski definition) is 1. The number of pyridine rings is 1. The minimum absolute atomic E-state index is 0.0457. The fourth-order valence-electron chi connectivity index (χ4n) is 2.07. The zero-order valence-corrected chi connectivity index (χ0v) is 11.6. The fraction of sp³-hybridized carbons (Fsp3) is 0.111. The summed E-state index contributed by atoms with van der Waals surface area (Å²) in [5.74, 6) is 0. The van der Waals surface area contributed by atoms with Gasteiger partial charge < -0.3 is 5.41 Å². The van der Waals surface area contributed by atoms with Gasteiger partial charge in [-0.05, 0) is 31.9 Å². The number of hydrogen-bond acceptors (Lipinski definition) is 3. The molecule has 3 heteroatoms. The SMILES string of the molecule is [2H]C=C(/C([2H])=C(/[2H])C(=N)c1cccc2c1sc1nc(C([2H])([2H])[2H])ccc12)C([2H])([2H])[2H]. The fourth-order valence-corrected chi connectivity index (χ4v) is 3.27. The van der Waals surface area contributed by atoms with Crippen molar-refractivity contribution in [3.8, 4) is 0 Å². The molecular formula is C18H16N2S. The molecule has 104 valence electrons. The third-order valence-corrected chi connectivity index (χ3v) is 4.10. The largest absolute Gasteiger partial charge is 0.300 e. The summed E-state index contributed by atoms with van der Waals surface area (Å²) >= 11 is 1.16. The van der Waals surface area contributed by atoms with Gasteiger partial charge in [-0.2, -0.15) is 0 Å². The van der Waals surface area contributed by atoms with E-state index in [0.717, 1.165) is 11.3 Å². The lowest BCUT2D eigenvalue weighted by atomic mass is 10.1. The first kappa shape index (κ1) is 6.67. The Bertz CT molecular complexity index is 1220.